The van der Waals surface area contributed by atoms with Crippen molar-refractivity contribution in [3.8, 4) is 0 Å². The second-order valence-electron chi connectivity index (χ2n) is 1.91. The van der Waals surface area contributed by atoms with E-state index in [2.05, 4.69) is 0 Å². The summed E-state index contributed by atoms with van der Waals surface area (Å²) in [5.41, 5.74) is 0. The maximum absolute atomic E-state index is 5.12. The van der Waals surface area contributed by atoms with Gasteiger partial charge in [-0.2, -0.15) is 0 Å². The van der Waals surface area contributed by atoms with Gasteiger partial charge in [-0.1, -0.05) is 0 Å². The Morgan fingerprint density at radius 2 is 1.57 bits per heavy atom. The molecule has 7 heavy (non-hydrogen) atoms. The molecule has 0 N–H and O–H groups in total. The summed E-state index contributed by atoms with van der Waals surface area (Å²) in [5.74, 6) is 4.08. The molecule has 1 aliphatic heterocycles. The Kier molecular flexibility index (Phi) is 1.03. The molecule has 1 heterocycles. The number of hydrogen-bond donors (Lipinski definition) is 0. The van der Waals surface area contributed by atoms with Gasteiger partial charge in [0.1, 0.15) is 0 Å². The van der Waals surface area contributed by atoms with E-state index < -0.39 is 13.9 Å². The molecule has 0 aromatic carbocycles. The first-order valence-corrected chi connectivity index (χ1v) is 8.12. The van der Waals surface area contributed by atoms with Crippen LogP contribution in [0.15, 0.2) is 12.5 Å². The van der Waals surface area contributed by atoms with Crippen molar-refractivity contribution >= 4 is 13.9 Å². The number of rotatable bonds is 0. The Hall–Kier alpha value is -0.117. The predicted octanol–water partition coefficient (Wildman–Crippen LogP) is 1.21. The van der Waals surface area contributed by atoms with Gasteiger partial charge in [-0.25, -0.2) is 0 Å². The van der Waals surface area contributed by atoms with E-state index in [0.717, 1.165) is 0 Å². The molecule has 0 aromatic rings. The molecule has 0 saturated heterocycles. The topological polar surface area (TPSA) is 18.5 Å². The van der Waals surface area contributed by atoms with Crippen LogP contribution in [0.4, 0.5) is 0 Å². The fraction of sp³-hybridized carbons (Fsp3) is 0.500. The van der Waals surface area contributed by atoms with Crippen LogP contribution in [0.2, 0.25) is 11.5 Å². The van der Waals surface area contributed by atoms with Crippen LogP contribution in [0.3, 0.4) is 0 Å². The molecule has 0 spiro atoms. The van der Waals surface area contributed by atoms with Crippen LogP contribution in [0, 0.1) is 0 Å². The molecule has 0 aliphatic carbocycles. The minimum absolute atomic E-state index is 1.62. The summed E-state index contributed by atoms with van der Waals surface area (Å²) < 4.78 is 10.2. The van der Waals surface area contributed by atoms with Crippen molar-refractivity contribution in [1.82, 2.24) is 0 Å². The molecule has 1 rings (SSSR count). The standard InChI is InChI=1S/C4H8GeO2/c1-5(2)6-3-4-7-5/h3-4H,1-2H3. The zero-order chi connectivity index (χ0) is 5.33. The first-order chi connectivity index (χ1) is 3.21. The molecular formula is C4H8GeO2. The molecule has 3 heteroatoms. The van der Waals surface area contributed by atoms with Crippen molar-refractivity contribution in [1.29, 1.82) is 0 Å². The van der Waals surface area contributed by atoms with Crippen LogP contribution in [-0.4, -0.2) is 13.9 Å². The average molecular weight is 161 g/mol. The van der Waals surface area contributed by atoms with Gasteiger partial charge < -0.3 is 0 Å². The maximum atomic E-state index is 5.12. The third kappa shape index (κ3) is 1.12. The van der Waals surface area contributed by atoms with Gasteiger partial charge >= 0.3 is 45.5 Å². The quantitative estimate of drug-likeness (QED) is 0.496. The second-order valence-corrected chi connectivity index (χ2v) is 8.77. The molecule has 0 amide bonds. The first kappa shape index (κ1) is 5.03. The Morgan fingerprint density at radius 1 is 1.14 bits per heavy atom. The van der Waals surface area contributed by atoms with E-state index in [-0.39, 0.29) is 0 Å². The van der Waals surface area contributed by atoms with Gasteiger partial charge in [-0.15, -0.1) is 0 Å². The SMILES string of the molecule is [CH3][Ge]1([CH3])[O]C=C[O]1. The van der Waals surface area contributed by atoms with E-state index in [1.165, 1.54) is 0 Å². The third-order valence-corrected chi connectivity index (χ3v) is 3.71. The van der Waals surface area contributed by atoms with Gasteiger partial charge in [-0.05, 0) is 0 Å². The molecule has 2 nitrogen and oxygen atoms in total. The monoisotopic (exact) mass is 162 g/mol. The van der Waals surface area contributed by atoms with E-state index >= 15 is 0 Å². The summed E-state index contributed by atoms with van der Waals surface area (Å²) in [6, 6.07) is 0. The fourth-order valence-electron chi connectivity index (χ4n) is 0.411. The molecule has 0 bridgehead atoms. The van der Waals surface area contributed by atoms with E-state index in [4.69, 9.17) is 7.53 Å². The molecule has 0 fully saturated rings. The Balaban J connectivity index is 2.49. The molecule has 0 radical (unpaired) electrons. The molecular weight excluding hydrogens is 153 g/mol. The normalized spacial score (nSPS) is 23.7. The van der Waals surface area contributed by atoms with Crippen LogP contribution < -0.4 is 0 Å². The van der Waals surface area contributed by atoms with Gasteiger partial charge in [0.2, 0.25) is 0 Å². The van der Waals surface area contributed by atoms with Gasteiger partial charge in [0.25, 0.3) is 0 Å². The van der Waals surface area contributed by atoms with Crippen molar-refractivity contribution in [2.75, 3.05) is 0 Å². The molecule has 1 aliphatic rings. The van der Waals surface area contributed by atoms with Crippen molar-refractivity contribution in [3.63, 3.8) is 0 Å². The third-order valence-electron chi connectivity index (χ3n) is 0.759. The van der Waals surface area contributed by atoms with Crippen LogP contribution in [0.5, 0.6) is 0 Å². The van der Waals surface area contributed by atoms with E-state index in [0.29, 0.717) is 0 Å². The molecule has 0 unspecified atom stereocenters. The summed E-state index contributed by atoms with van der Waals surface area (Å²) >= 11 is -2.08. The summed E-state index contributed by atoms with van der Waals surface area (Å²) in [6.07, 6.45) is 3.25. The zero-order valence-electron chi connectivity index (χ0n) is 4.47. The van der Waals surface area contributed by atoms with E-state index in [9.17, 15) is 0 Å². The Labute approximate surface area is 46.2 Å². The summed E-state index contributed by atoms with van der Waals surface area (Å²) in [4.78, 5) is 0. The van der Waals surface area contributed by atoms with Crippen molar-refractivity contribution in [2.24, 2.45) is 0 Å². The summed E-state index contributed by atoms with van der Waals surface area (Å²) in [6.45, 7) is 0. The minimum atomic E-state index is -2.08. The molecule has 0 aromatic heterocycles. The van der Waals surface area contributed by atoms with Gasteiger partial charge in [-0.3, -0.25) is 0 Å². The summed E-state index contributed by atoms with van der Waals surface area (Å²) in [7, 11) is 0. The van der Waals surface area contributed by atoms with Crippen molar-refractivity contribution < 1.29 is 7.53 Å². The molecule has 40 valence electrons. The van der Waals surface area contributed by atoms with Crippen LogP contribution in [0.25, 0.3) is 0 Å². The van der Waals surface area contributed by atoms with E-state index in [1.54, 1.807) is 12.5 Å². The first-order valence-electron chi connectivity index (χ1n) is 2.21. The molecule has 0 atom stereocenters. The van der Waals surface area contributed by atoms with E-state index in [1.807, 2.05) is 11.5 Å². The number of hydrogen-bond acceptors (Lipinski definition) is 2. The Bertz CT molecular complexity index is 87.9. The van der Waals surface area contributed by atoms with Crippen LogP contribution in [0.1, 0.15) is 0 Å². The predicted molar refractivity (Wildman–Crippen MR) is 28.8 cm³/mol. The second kappa shape index (κ2) is 1.44. The van der Waals surface area contributed by atoms with Gasteiger partial charge in [0.15, 0.2) is 0 Å². The Morgan fingerprint density at radius 3 is 1.71 bits per heavy atom. The zero-order valence-corrected chi connectivity index (χ0v) is 6.57. The van der Waals surface area contributed by atoms with Crippen LogP contribution in [-0.2, 0) is 7.53 Å². The fourth-order valence-corrected chi connectivity index (χ4v) is 2.14. The molecule has 0 saturated carbocycles. The van der Waals surface area contributed by atoms with Crippen LogP contribution >= 0.6 is 0 Å². The van der Waals surface area contributed by atoms with Crippen molar-refractivity contribution in [2.45, 2.75) is 11.5 Å². The average Bonchev–Trinajstić information content (AvgIpc) is 1.84. The summed E-state index contributed by atoms with van der Waals surface area (Å²) in [5, 5.41) is 0. The van der Waals surface area contributed by atoms with Gasteiger partial charge in [0, 0.05) is 0 Å². The van der Waals surface area contributed by atoms with Crippen molar-refractivity contribution in [3.05, 3.63) is 12.5 Å². The van der Waals surface area contributed by atoms with Gasteiger partial charge in [0.05, 0.1) is 0 Å².